The summed E-state index contributed by atoms with van der Waals surface area (Å²) in [5.41, 5.74) is 2.48. The molecule has 1 saturated heterocycles. The average Bonchev–Trinajstić information content (AvgIpc) is 3.22. The van der Waals surface area contributed by atoms with Crippen molar-refractivity contribution >= 4 is 34.3 Å². The van der Waals surface area contributed by atoms with Gasteiger partial charge in [0.2, 0.25) is 0 Å². The number of aromatic nitrogens is 1. The fraction of sp³-hybridized carbons (Fsp3) is 0.261. The molecule has 1 aliphatic heterocycles. The molecule has 2 heterocycles. The van der Waals surface area contributed by atoms with Crippen molar-refractivity contribution in [3.05, 3.63) is 66.1 Å². The number of halogens is 1. The van der Waals surface area contributed by atoms with E-state index < -0.39 is 5.97 Å². The third-order valence-electron chi connectivity index (χ3n) is 5.18. The number of para-hydroxylation sites is 1. The van der Waals surface area contributed by atoms with E-state index >= 15 is 0 Å². The van der Waals surface area contributed by atoms with Crippen molar-refractivity contribution in [2.45, 2.75) is 19.4 Å². The molecule has 2 N–H and O–H groups in total. The van der Waals surface area contributed by atoms with Crippen LogP contribution < -0.4 is 15.5 Å². The van der Waals surface area contributed by atoms with E-state index in [9.17, 15) is 14.0 Å². The van der Waals surface area contributed by atoms with Gasteiger partial charge in [-0.1, -0.05) is 18.2 Å². The molecule has 1 atom stereocenters. The molecule has 1 aliphatic rings. The summed E-state index contributed by atoms with van der Waals surface area (Å²) in [4.78, 5) is 31.4. The maximum absolute atomic E-state index is 13.0. The van der Waals surface area contributed by atoms with Crippen LogP contribution in [-0.2, 0) is 4.74 Å². The van der Waals surface area contributed by atoms with Crippen LogP contribution in [0.2, 0.25) is 0 Å². The number of nitrogens with zero attached hydrogens (tertiary/aromatic N) is 2. The second-order valence-electron chi connectivity index (χ2n) is 7.30. The predicted molar refractivity (Wildman–Crippen MR) is 117 cm³/mol. The Morgan fingerprint density at radius 3 is 2.74 bits per heavy atom. The largest absolute Gasteiger partial charge is 0.462 e. The number of anilines is 2. The Labute approximate surface area is 179 Å². The van der Waals surface area contributed by atoms with Gasteiger partial charge in [-0.05, 0) is 43.7 Å². The second-order valence-corrected chi connectivity index (χ2v) is 7.30. The lowest BCUT2D eigenvalue weighted by Crippen LogP contribution is -2.39. The molecule has 7 nitrogen and oxygen atoms in total. The zero-order chi connectivity index (χ0) is 21.8. The summed E-state index contributed by atoms with van der Waals surface area (Å²) in [5, 5.41) is 6.52. The topological polar surface area (TPSA) is 83.6 Å². The molecule has 1 fully saturated rings. The molecule has 2 amide bonds. The van der Waals surface area contributed by atoms with Crippen molar-refractivity contribution < 1.29 is 18.7 Å². The summed E-state index contributed by atoms with van der Waals surface area (Å²) < 4.78 is 18.3. The number of hydrogen-bond acceptors (Lipinski definition) is 5. The summed E-state index contributed by atoms with van der Waals surface area (Å²) in [6.07, 6.45) is 2.27. The van der Waals surface area contributed by atoms with Gasteiger partial charge in [0.25, 0.3) is 0 Å². The molecule has 0 saturated carbocycles. The van der Waals surface area contributed by atoms with E-state index in [2.05, 4.69) is 20.5 Å². The van der Waals surface area contributed by atoms with Crippen LogP contribution >= 0.6 is 0 Å². The van der Waals surface area contributed by atoms with Gasteiger partial charge in [0.15, 0.2) is 0 Å². The zero-order valence-electron chi connectivity index (χ0n) is 17.1. The van der Waals surface area contributed by atoms with Gasteiger partial charge in [-0.2, -0.15) is 0 Å². The number of hydrogen-bond donors (Lipinski definition) is 2. The average molecular weight is 422 g/mol. The number of nitrogens with one attached hydrogen (secondary N) is 2. The van der Waals surface area contributed by atoms with E-state index in [0.29, 0.717) is 24.3 Å². The fourth-order valence-electron chi connectivity index (χ4n) is 3.79. The highest BCUT2D eigenvalue weighted by molar-refractivity contribution is 6.05. The van der Waals surface area contributed by atoms with Crippen molar-refractivity contribution in [1.82, 2.24) is 10.3 Å². The standard InChI is InChI=1S/C23H23FN4O3/c1-2-31-22(29)19-13-25-20-6-4-3-5-18(20)21(19)28-12-11-17(14-28)27-23(30)26-16-9-7-15(24)8-10-16/h3-10,13,17H,2,11-12,14H2,1H3,(H2,26,27,30). The van der Waals surface area contributed by atoms with Crippen LogP contribution in [-0.4, -0.2) is 42.7 Å². The number of carbonyl (C=O) groups excluding carboxylic acids is 2. The smallest absolute Gasteiger partial charge is 0.341 e. The Morgan fingerprint density at radius 1 is 1.19 bits per heavy atom. The Morgan fingerprint density at radius 2 is 1.97 bits per heavy atom. The number of esters is 1. The molecule has 0 aliphatic carbocycles. The van der Waals surface area contributed by atoms with Gasteiger partial charge >= 0.3 is 12.0 Å². The van der Waals surface area contributed by atoms with Gasteiger partial charge in [-0.3, -0.25) is 4.98 Å². The highest BCUT2D eigenvalue weighted by Gasteiger charge is 2.29. The van der Waals surface area contributed by atoms with Crippen molar-refractivity contribution in [2.24, 2.45) is 0 Å². The molecule has 3 aromatic rings. The fourth-order valence-corrected chi connectivity index (χ4v) is 3.79. The van der Waals surface area contributed by atoms with Crippen molar-refractivity contribution in [3.63, 3.8) is 0 Å². The van der Waals surface area contributed by atoms with E-state index in [1.54, 1.807) is 13.1 Å². The van der Waals surface area contributed by atoms with Crippen LogP contribution in [0.3, 0.4) is 0 Å². The second kappa shape index (κ2) is 8.99. The first-order valence-electron chi connectivity index (χ1n) is 10.2. The molecule has 0 spiro atoms. The van der Waals surface area contributed by atoms with Crippen LogP contribution in [0.25, 0.3) is 10.9 Å². The Kier molecular flexibility index (Phi) is 5.97. The zero-order valence-corrected chi connectivity index (χ0v) is 17.1. The number of fused-ring (bicyclic) bond motifs is 1. The van der Waals surface area contributed by atoms with E-state index in [4.69, 9.17) is 4.74 Å². The predicted octanol–water partition coefficient (Wildman–Crippen LogP) is 3.95. The molecule has 2 aromatic carbocycles. The summed E-state index contributed by atoms with van der Waals surface area (Å²) in [5.74, 6) is -0.777. The first-order chi connectivity index (χ1) is 15.0. The third-order valence-corrected chi connectivity index (χ3v) is 5.18. The Balaban J connectivity index is 1.51. The van der Waals surface area contributed by atoms with Crippen LogP contribution in [0, 0.1) is 5.82 Å². The number of pyridine rings is 1. The normalized spacial score (nSPS) is 15.7. The van der Waals surface area contributed by atoms with Gasteiger partial charge in [-0.15, -0.1) is 0 Å². The molecule has 0 bridgehead atoms. The number of carbonyl (C=O) groups is 2. The highest BCUT2D eigenvalue weighted by Crippen LogP contribution is 2.32. The summed E-state index contributed by atoms with van der Waals surface area (Å²) in [6.45, 7) is 3.25. The van der Waals surface area contributed by atoms with Gasteiger partial charge in [0.1, 0.15) is 11.4 Å². The molecule has 160 valence electrons. The van der Waals surface area contributed by atoms with E-state index in [1.807, 2.05) is 24.3 Å². The number of rotatable bonds is 5. The van der Waals surface area contributed by atoms with Gasteiger partial charge in [-0.25, -0.2) is 14.0 Å². The maximum Gasteiger partial charge on any atom is 0.341 e. The minimum atomic E-state index is -0.416. The maximum atomic E-state index is 13.0. The lowest BCUT2D eigenvalue weighted by molar-refractivity contribution is 0.0527. The molecule has 4 rings (SSSR count). The lowest BCUT2D eigenvalue weighted by Gasteiger charge is -2.23. The van der Waals surface area contributed by atoms with Crippen LogP contribution in [0.15, 0.2) is 54.7 Å². The first kappa shape index (κ1) is 20.6. The van der Waals surface area contributed by atoms with Crippen LogP contribution in [0.1, 0.15) is 23.7 Å². The number of urea groups is 1. The summed E-state index contributed by atoms with van der Waals surface area (Å²) >= 11 is 0. The molecule has 31 heavy (non-hydrogen) atoms. The van der Waals surface area contributed by atoms with Gasteiger partial charge < -0.3 is 20.3 Å². The third kappa shape index (κ3) is 4.58. The van der Waals surface area contributed by atoms with E-state index in [-0.39, 0.29) is 24.5 Å². The number of amides is 2. The Hall–Kier alpha value is -3.68. The Bertz CT molecular complexity index is 1100. The van der Waals surface area contributed by atoms with Crippen molar-refractivity contribution in [3.8, 4) is 0 Å². The molecular weight excluding hydrogens is 399 g/mol. The highest BCUT2D eigenvalue weighted by atomic mass is 19.1. The molecule has 1 unspecified atom stereocenters. The molecule has 1 aromatic heterocycles. The van der Waals surface area contributed by atoms with Crippen LogP contribution in [0.5, 0.6) is 0 Å². The quantitative estimate of drug-likeness (QED) is 0.609. The van der Waals surface area contributed by atoms with Crippen molar-refractivity contribution in [2.75, 3.05) is 29.9 Å². The summed E-state index contributed by atoms with van der Waals surface area (Å²) in [7, 11) is 0. The number of benzene rings is 2. The minimum absolute atomic E-state index is 0.109. The minimum Gasteiger partial charge on any atom is -0.462 e. The molecule has 8 heteroatoms. The van der Waals surface area contributed by atoms with E-state index in [1.165, 1.54) is 24.3 Å². The monoisotopic (exact) mass is 422 g/mol. The number of ether oxygens (including phenoxy) is 1. The molecular formula is C23H23FN4O3. The SMILES string of the molecule is CCOC(=O)c1cnc2ccccc2c1N1CCC(NC(=O)Nc2ccc(F)cc2)C1. The van der Waals surface area contributed by atoms with Crippen LogP contribution in [0.4, 0.5) is 20.6 Å². The van der Waals surface area contributed by atoms with E-state index in [0.717, 1.165) is 23.0 Å². The first-order valence-corrected chi connectivity index (χ1v) is 10.2. The summed E-state index contributed by atoms with van der Waals surface area (Å²) in [6, 6.07) is 12.8. The molecule has 0 radical (unpaired) electrons. The van der Waals surface area contributed by atoms with Gasteiger partial charge in [0, 0.05) is 36.4 Å². The van der Waals surface area contributed by atoms with Gasteiger partial charge in [0.05, 0.1) is 17.8 Å². The lowest BCUT2D eigenvalue weighted by atomic mass is 10.1. The van der Waals surface area contributed by atoms with Crippen molar-refractivity contribution in [1.29, 1.82) is 0 Å².